The minimum atomic E-state index is 0.393. The summed E-state index contributed by atoms with van der Waals surface area (Å²) in [5.74, 6) is 0.656. The summed E-state index contributed by atoms with van der Waals surface area (Å²) in [6.45, 7) is 2.77. The molecule has 0 unspecified atom stereocenters. The molecule has 2 aromatic carbocycles. The molecule has 3 rings (SSSR count). The van der Waals surface area contributed by atoms with Gasteiger partial charge < -0.3 is 10.6 Å². The summed E-state index contributed by atoms with van der Waals surface area (Å²) in [7, 11) is 0. The Morgan fingerprint density at radius 3 is 2.76 bits per heavy atom. The van der Waals surface area contributed by atoms with E-state index in [1.54, 1.807) is 18.2 Å². The highest BCUT2D eigenvalue weighted by Gasteiger charge is 2.06. The van der Waals surface area contributed by atoms with Crippen molar-refractivity contribution in [3.8, 4) is 0 Å². The maximum absolute atomic E-state index is 6.12. The molecule has 25 heavy (non-hydrogen) atoms. The number of hydrogen-bond acceptors (Lipinski definition) is 2. The lowest BCUT2D eigenvalue weighted by Gasteiger charge is -2.10. The molecule has 0 saturated heterocycles. The van der Waals surface area contributed by atoms with Crippen LogP contribution in [0.1, 0.15) is 11.1 Å². The second-order valence-electron chi connectivity index (χ2n) is 5.59. The molecule has 3 aromatic rings. The summed E-state index contributed by atoms with van der Waals surface area (Å²) in [6.07, 6.45) is 1.90. The van der Waals surface area contributed by atoms with Crippen molar-refractivity contribution in [1.29, 1.82) is 0 Å². The fourth-order valence-electron chi connectivity index (χ4n) is 2.38. The van der Waals surface area contributed by atoms with Crippen LogP contribution in [0.25, 0.3) is 0 Å². The lowest BCUT2D eigenvalue weighted by atomic mass is 10.1. The number of rotatable bonds is 4. The molecule has 0 saturated carbocycles. The number of aryl methyl sites for hydroxylation is 1. The third-order valence-corrected chi connectivity index (χ3v) is 4.25. The van der Waals surface area contributed by atoms with Crippen LogP contribution in [0.4, 0.5) is 11.5 Å². The SMILES string of the molecule is Cc1cccc(Cn2ccc(NC(=S)Nc3cc(Cl)ccc3Cl)n2)c1. The average Bonchev–Trinajstić information content (AvgIpc) is 2.97. The first kappa shape index (κ1) is 17.7. The number of halogens is 2. The van der Waals surface area contributed by atoms with E-state index in [1.165, 1.54) is 11.1 Å². The Morgan fingerprint density at radius 2 is 1.96 bits per heavy atom. The summed E-state index contributed by atoms with van der Waals surface area (Å²) >= 11 is 17.4. The largest absolute Gasteiger partial charge is 0.331 e. The van der Waals surface area contributed by atoms with Crippen molar-refractivity contribution < 1.29 is 0 Å². The molecule has 0 amide bonds. The Balaban J connectivity index is 1.62. The first-order chi connectivity index (χ1) is 12.0. The van der Waals surface area contributed by atoms with Gasteiger partial charge in [0.2, 0.25) is 0 Å². The van der Waals surface area contributed by atoms with Crippen molar-refractivity contribution in [2.45, 2.75) is 13.5 Å². The van der Waals surface area contributed by atoms with Gasteiger partial charge >= 0.3 is 0 Å². The number of benzene rings is 2. The highest BCUT2D eigenvalue weighted by Crippen LogP contribution is 2.25. The smallest absolute Gasteiger partial charge is 0.176 e. The number of anilines is 2. The number of nitrogens with zero attached hydrogens (tertiary/aromatic N) is 2. The molecule has 0 radical (unpaired) electrons. The van der Waals surface area contributed by atoms with E-state index in [1.807, 2.05) is 23.0 Å². The minimum Gasteiger partial charge on any atom is -0.331 e. The van der Waals surface area contributed by atoms with Crippen molar-refractivity contribution in [3.05, 3.63) is 75.9 Å². The van der Waals surface area contributed by atoms with E-state index in [0.29, 0.717) is 33.2 Å². The molecule has 0 aliphatic carbocycles. The van der Waals surface area contributed by atoms with Crippen LogP contribution in [-0.2, 0) is 6.54 Å². The summed E-state index contributed by atoms with van der Waals surface area (Å²) in [5, 5.41) is 12.1. The van der Waals surface area contributed by atoms with Crippen LogP contribution in [0.5, 0.6) is 0 Å². The Labute approximate surface area is 161 Å². The molecule has 2 N–H and O–H groups in total. The summed E-state index contributed by atoms with van der Waals surface area (Å²) in [6, 6.07) is 15.4. The van der Waals surface area contributed by atoms with Gasteiger partial charge in [0.25, 0.3) is 0 Å². The van der Waals surface area contributed by atoms with Gasteiger partial charge in [-0.3, -0.25) is 4.68 Å². The van der Waals surface area contributed by atoms with Gasteiger partial charge in [0.15, 0.2) is 10.9 Å². The normalized spacial score (nSPS) is 10.5. The Kier molecular flexibility index (Phi) is 5.58. The number of hydrogen-bond donors (Lipinski definition) is 2. The molecule has 0 atom stereocenters. The molecule has 7 heteroatoms. The van der Waals surface area contributed by atoms with Gasteiger partial charge in [-0.15, -0.1) is 0 Å². The van der Waals surface area contributed by atoms with Crippen LogP contribution in [0, 0.1) is 6.92 Å². The summed E-state index contributed by atoms with van der Waals surface area (Å²) < 4.78 is 1.85. The third kappa shape index (κ3) is 4.95. The van der Waals surface area contributed by atoms with Crippen molar-refractivity contribution in [2.75, 3.05) is 10.6 Å². The minimum absolute atomic E-state index is 0.393. The van der Waals surface area contributed by atoms with Gasteiger partial charge in [-0.2, -0.15) is 5.10 Å². The average molecular weight is 391 g/mol. The maximum Gasteiger partial charge on any atom is 0.176 e. The van der Waals surface area contributed by atoms with Gasteiger partial charge in [0.1, 0.15) is 0 Å². The van der Waals surface area contributed by atoms with E-state index in [9.17, 15) is 0 Å². The standard InChI is InChI=1S/C18H16Cl2N4S/c1-12-3-2-4-13(9-12)11-24-8-7-17(23-24)22-18(25)21-16-10-14(19)5-6-15(16)20/h2-10H,11H2,1H3,(H2,21,22,23,25). The van der Waals surface area contributed by atoms with Crippen molar-refractivity contribution in [2.24, 2.45) is 0 Å². The number of aromatic nitrogens is 2. The molecule has 0 fully saturated rings. The molecule has 1 aromatic heterocycles. The van der Waals surface area contributed by atoms with E-state index in [2.05, 4.69) is 40.9 Å². The molecular formula is C18H16Cl2N4S. The predicted octanol–water partition coefficient (Wildman–Crippen LogP) is 5.36. The Hall–Kier alpha value is -2.08. The summed E-state index contributed by atoms with van der Waals surface area (Å²) in [4.78, 5) is 0. The van der Waals surface area contributed by atoms with Gasteiger partial charge in [-0.25, -0.2) is 0 Å². The second kappa shape index (κ2) is 7.87. The molecule has 0 spiro atoms. The molecule has 0 aliphatic heterocycles. The molecule has 128 valence electrons. The predicted molar refractivity (Wildman–Crippen MR) is 109 cm³/mol. The lowest BCUT2D eigenvalue weighted by molar-refractivity contribution is 0.689. The lowest BCUT2D eigenvalue weighted by Crippen LogP contribution is -2.19. The first-order valence-electron chi connectivity index (χ1n) is 7.62. The van der Waals surface area contributed by atoms with E-state index in [-0.39, 0.29) is 0 Å². The summed E-state index contributed by atoms with van der Waals surface area (Å²) in [5.41, 5.74) is 3.07. The van der Waals surface area contributed by atoms with Crippen LogP contribution in [0.2, 0.25) is 10.0 Å². The topological polar surface area (TPSA) is 41.9 Å². The zero-order valence-corrected chi connectivity index (χ0v) is 15.8. The van der Waals surface area contributed by atoms with Crippen LogP contribution < -0.4 is 10.6 Å². The van der Waals surface area contributed by atoms with Crippen LogP contribution in [0.3, 0.4) is 0 Å². The highest BCUT2D eigenvalue weighted by molar-refractivity contribution is 7.80. The highest BCUT2D eigenvalue weighted by atomic mass is 35.5. The van der Waals surface area contributed by atoms with Gasteiger partial charge in [-0.05, 0) is 42.9 Å². The fraction of sp³-hybridized carbons (Fsp3) is 0.111. The Morgan fingerprint density at radius 1 is 1.12 bits per heavy atom. The van der Waals surface area contributed by atoms with E-state index in [0.717, 1.165) is 0 Å². The first-order valence-corrected chi connectivity index (χ1v) is 8.78. The quantitative estimate of drug-likeness (QED) is 0.588. The van der Waals surface area contributed by atoms with E-state index < -0.39 is 0 Å². The van der Waals surface area contributed by atoms with Crippen molar-refractivity contribution in [1.82, 2.24) is 9.78 Å². The van der Waals surface area contributed by atoms with Gasteiger partial charge in [-0.1, -0.05) is 53.0 Å². The van der Waals surface area contributed by atoms with Gasteiger partial charge in [0, 0.05) is 17.3 Å². The number of thiocarbonyl (C=S) groups is 1. The van der Waals surface area contributed by atoms with E-state index >= 15 is 0 Å². The molecule has 4 nitrogen and oxygen atoms in total. The molecular weight excluding hydrogens is 375 g/mol. The third-order valence-electron chi connectivity index (χ3n) is 3.49. The zero-order chi connectivity index (χ0) is 17.8. The maximum atomic E-state index is 6.12. The number of nitrogens with one attached hydrogen (secondary N) is 2. The monoisotopic (exact) mass is 390 g/mol. The zero-order valence-electron chi connectivity index (χ0n) is 13.5. The van der Waals surface area contributed by atoms with Crippen molar-refractivity contribution in [3.63, 3.8) is 0 Å². The fourth-order valence-corrected chi connectivity index (χ4v) is 2.93. The Bertz CT molecular complexity index is 908. The molecule has 0 aliphatic rings. The van der Waals surface area contributed by atoms with Crippen LogP contribution >= 0.6 is 35.4 Å². The van der Waals surface area contributed by atoms with E-state index in [4.69, 9.17) is 35.4 Å². The van der Waals surface area contributed by atoms with Crippen LogP contribution in [0.15, 0.2) is 54.7 Å². The van der Waals surface area contributed by atoms with Crippen LogP contribution in [-0.4, -0.2) is 14.9 Å². The molecule has 1 heterocycles. The van der Waals surface area contributed by atoms with Crippen molar-refractivity contribution >= 4 is 52.0 Å². The second-order valence-corrected chi connectivity index (χ2v) is 6.84. The molecule has 0 bridgehead atoms. The van der Waals surface area contributed by atoms with Gasteiger partial charge in [0.05, 0.1) is 17.3 Å².